The lowest BCUT2D eigenvalue weighted by atomic mass is 9.95. The second-order valence-corrected chi connectivity index (χ2v) is 5.30. The first-order valence-electron chi connectivity index (χ1n) is 7.37. The molecule has 0 radical (unpaired) electrons. The summed E-state index contributed by atoms with van der Waals surface area (Å²) in [6, 6.07) is 7.29. The molecule has 0 spiro atoms. The summed E-state index contributed by atoms with van der Waals surface area (Å²) in [6.45, 7) is 6.52. The van der Waals surface area contributed by atoms with Gasteiger partial charge in [-0.05, 0) is 31.0 Å². The lowest BCUT2D eigenvalue weighted by Crippen LogP contribution is -2.25. The molecule has 0 amide bonds. The van der Waals surface area contributed by atoms with Crippen molar-refractivity contribution in [3.05, 3.63) is 40.6 Å². The predicted molar refractivity (Wildman–Crippen MR) is 85.6 cm³/mol. The van der Waals surface area contributed by atoms with Gasteiger partial charge in [0.15, 0.2) is 0 Å². The largest absolute Gasteiger partial charge is 0.382 e. The zero-order valence-electron chi connectivity index (χ0n) is 12.7. The van der Waals surface area contributed by atoms with Gasteiger partial charge < -0.3 is 5.32 Å². The summed E-state index contributed by atoms with van der Waals surface area (Å²) in [7, 11) is 0. The number of rotatable bonds is 6. The topological polar surface area (TPSA) is 68.1 Å². The Hall–Kier alpha value is -2.17. The first-order valence-corrected chi connectivity index (χ1v) is 7.37. The summed E-state index contributed by atoms with van der Waals surface area (Å²) in [4.78, 5) is 14.9. The Balaban J connectivity index is 2.42. The number of nitrogens with zero attached hydrogens (tertiary/aromatic N) is 2. The first kappa shape index (κ1) is 15.2. The zero-order chi connectivity index (χ0) is 15.4. The number of hydrogen-bond acceptors (Lipinski definition) is 4. The van der Waals surface area contributed by atoms with Gasteiger partial charge in [0.25, 0.3) is 5.69 Å². The molecule has 1 N–H and O–H groups in total. The molecule has 0 aliphatic carbocycles. The SMILES string of the molecule is CCC(CC)C(C)Nc1ccc([N+](=O)[O-])c2ncccc12. The summed E-state index contributed by atoms with van der Waals surface area (Å²) in [5.41, 5.74) is 1.39. The molecule has 1 atom stereocenters. The summed E-state index contributed by atoms with van der Waals surface area (Å²) >= 11 is 0. The number of nitro benzene ring substituents is 1. The monoisotopic (exact) mass is 287 g/mol. The van der Waals surface area contributed by atoms with E-state index in [4.69, 9.17) is 0 Å². The standard InChI is InChI=1S/C16H21N3O2/c1-4-12(5-2)11(3)18-14-8-9-15(19(20)21)16-13(14)7-6-10-17-16/h6-12,18H,4-5H2,1-3H3. The summed E-state index contributed by atoms with van der Waals surface area (Å²) < 4.78 is 0. The van der Waals surface area contributed by atoms with Crippen LogP contribution in [0.5, 0.6) is 0 Å². The molecule has 0 bridgehead atoms. The highest BCUT2D eigenvalue weighted by molar-refractivity contribution is 5.96. The number of benzene rings is 1. The third-order valence-corrected chi connectivity index (χ3v) is 4.08. The Kier molecular flexibility index (Phi) is 4.73. The van der Waals surface area contributed by atoms with E-state index in [-0.39, 0.29) is 10.6 Å². The second-order valence-electron chi connectivity index (χ2n) is 5.30. The number of nitrogens with one attached hydrogen (secondary N) is 1. The van der Waals surface area contributed by atoms with Gasteiger partial charge in [-0.2, -0.15) is 0 Å². The zero-order valence-corrected chi connectivity index (χ0v) is 12.7. The summed E-state index contributed by atoms with van der Waals surface area (Å²) in [5, 5.41) is 15.4. The van der Waals surface area contributed by atoms with Crippen LogP contribution in [-0.4, -0.2) is 15.9 Å². The maximum atomic E-state index is 11.1. The van der Waals surface area contributed by atoms with Crippen molar-refractivity contribution in [3.8, 4) is 0 Å². The third-order valence-electron chi connectivity index (χ3n) is 4.08. The van der Waals surface area contributed by atoms with Crippen LogP contribution >= 0.6 is 0 Å². The first-order chi connectivity index (χ1) is 10.1. The number of pyridine rings is 1. The highest BCUT2D eigenvalue weighted by Gasteiger charge is 2.18. The van der Waals surface area contributed by atoms with Gasteiger partial charge in [-0.15, -0.1) is 0 Å². The van der Waals surface area contributed by atoms with E-state index in [2.05, 4.69) is 31.1 Å². The average molecular weight is 287 g/mol. The number of anilines is 1. The van der Waals surface area contributed by atoms with Crippen LogP contribution in [0.3, 0.4) is 0 Å². The van der Waals surface area contributed by atoms with Gasteiger partial charge in [0.05, 0.1) is 4.92 Å². The van der Waals surface area contributed by atoms with E-state index in [1.165, 1.54) is 6.07 Å². The number of nitro groups is 1. The van der Waals surface area contributed by atoms with Crippen LogP contribution in [0.25, 0.3) is 10.9 Å². The third kappa shape index (κ3) is 3.12. The predicted octanol–water partition coefficient (Wildman–Crippen LogP) is 4.38. The van der Waals surface area contributed by atoms with E-state index in [0.29, 0.717) is 17.5 Å². The molecular formula is C16H21N3O2. The molecule has 1 aromatic heterocycles. The molecule has 1 aromatic carbocycles. The van der Waals surface area contributed by atoms with Crippen LogP contribution in [0.1, 0.15) is 33.6 Å². The highest BCUT2D eigenvalue weighted by Crippen LogP contribution is 2.31. The normalized spacial score (nSPS) is 12.6. The van der Waals surface area contributed by atoms with E-state index in [9.17, 15) is 10.1 Å². The van der Waals surface area contributed by atoms with E-state index in [1.807, 2.05) is 6.07 Å². The molecule has 0 saturated heterocycles. The minimum Gasteiger partial charge on any atom is -0.382 e. The van der Waals surface area contributed by atoms with E-state index >= 15 is 0 Å². The average Bonchev–Trinajstić information content (AvgIpc) is 2.48. The number of hydrogen-bond donors (Lipinski definition) is 1. The van der Waals surface area contributed by atoms with Crippen molar-refractivity contribution in [2.24, 2.45) is 5.92 Å². The lowest BCUT2D eigenvalue weighted by Gasteiger charge is -2.24. The van der Waals surface area contributed by atoms with Crippen molar-refractivity contribution in [1.82, 2.24) is 4.98 Å². The van der Waals surface area contributed by atoms with Gasteiger partial charge >= 0.3 is 0 Å². The molecule has 0 aliphatic rings. The van der Waals surface area contributed by atoms with E-state index in [0.717, 1.165) is 23.9 Å². The fourth-order valence-corrected chi connectivity index (χ4v) is 2.79. The Morgan fingerprint density at radius 2 is 2.00 bits per heavy atom. The van der Waals surface area contributed by atoms with Gasteiger partial charge in [0, 0.05) is 29.4 Å². The molecule has 0 aliphatic heterocycles. The van der Waals surface area contributed by atoms with Crippen molar-refractivity contribution >= 4 is 22.3 Å². The molecule has 5 nitrogen and oxygen atoms in total. The second kappa shape index (κ2) is 6.52. The molecule has 1 unspecified atom stereocenters. The van der Waals surface area contributed by atoms with Crippen molar-refractivity contribution in [2.45, 2.75) is 39.7 Å². The molecule has 0 fully saturated rings. The Morgan fingerprint density at radius 1 is 1.29 bits per heavy atom. The Morgan fingerprint density at radius 3 is 2.62 bits per heavy atom. The number of aromatic nitrogens is 1. The van der Waals surface area contributed by atoms with E-state index in [1.54, 1.807) is 18.3 Å². The van der Waals surface area contributed by atoms with Gasteiger partial charge in [0.2, 0.25) is 0 Å². The molecule has 2 aromatic rings. The van der Waals surface area contributed by atoms with Crippen LogP contribution < -0.4 is 5.32 Å². The maximum Gasteiger partial charge on any atom is 0.295 e. The molecule has 21 heavy (non-hydrogen) atoms. The number of non-ortho nitro benzene ring substituents is 1. The van der Waals surface area contributed by atoms with Crippen LogP contribution in [0.4, 0.5) is 11.4 Å². The molecule has 1 heterocycles. The molecule has 0 saturated carbocycles. The molecular weight excluding hydrogens is 266 g/mol. The minimum absolute atomic E-state index is 0.0475. The Labute approximate surface area is 124 Å². The smallest absolute Gasteiger partial charge is 0.295 e. The van der Waals surface area contributed by atoms with Crippen molar-refractivity contribution < 1.29 is 4.92 Å². The van der Waals surface area contributed by atoms with E-state index < -0.39 is 0 Å². The fourth-order valence-electron chi connectivity index (χ4n) is 2.79. The van der Waals surface area contributed by atoms with Gasteiger partial charge in [-0.1, -0.05) is 26.7 Å². The minimum atomic E-state index is -0.385. The van der Waals surface area contributed by atoms with Crippen LogP contribution in [0.15, 0.2) is 30.5 Å². The van der Waals surface area contributed by atoms with Crippen molar-refractivity contribution in [2.75, 3.05) is 5.32 Å². The fraction of sp³-hybridized carbons (Fsp3) is 0.438. The van der Waals surface area contributed by atoms with Gasteiger partial charge in [-0.25, -0.2) is 4.98 Å². The molecule has 2 rings (SSSR count). The van der Waals surface area contributed by atoms with Crippen molar-refractivity contribution in [3.63, 3.8) is 0 Å². The summed E-state index contributed by atoms with van der Waals surface area (Å²) in [6.07, 6.45) is 3.80. The highest BCUT2D eigenvalue weighted by atomic mass is 16.6. The van der Waals surface area contributed by atoms with Crippen LogP contribution in [-0.2, 0) is 0 Å². The lowest BCUT2D eigenvalue weighted by molar-refractivity contribution is -0.383. The van der Waals surface area contributed by atoms with Gasteiger partial charge in [-0.3, -0.25) is 10.1 Å². The number of fused-ring (bicyclic) bond motifs is 1. The van der Waals surface area contributed by atoms with Crippen LogP contribution in [0.2, 0.25) is 0 Å². The van der Waals surface area contributed by atoms with Crippen LogP contribution in [0, 0.1) is 16.0 Å². The molecule has 5 heteroatoms. The maximum absolute atomic E-state index is 11.1. The quantitative estimate of drug-likeness (QED) is 0.632. The Bertz CT molecular complexity index is 638. The summed E-state index contributed by atoms with van der Waals surface area (Å²) in [5.74, 6) is 0.576. The van der Waals surface area contributed by atoms with Gasteiger partial charge in [0.1, 0.15) is 5.52 Å². The molecule has 112 valence electrons. The van der Waals surface area contributed by atoms with Crippen molar-refractivity contribution in [1.29, 1.82) is 0 Å².